The molecule has 1 aliphatic carbocycles. The van der Waals surface area contributed by atoms with Crippen molar-refractivity contribution in [3.05, 3.63) is 71.5 Å². The fraction of sp³-hybridized carbons (Fsp3) is 0.167. The number of anilines is 1. The van der Waals surface area contributed by atoms with Crippen molar-refractivity contribution in [3.63, 3.8) is 0 Å². The number of nitrogens with zero attached hydrogens (tertiary/aromatic N) is 1. The predicted octanol–water partition coefficient (Wildman–Crippen LogP) is 3.00. The molecule has 0 saturated heterocycles. The van der Waals surface area contributed by atoms with Crippen LogP contribution in [-0.2, 0) is 12.0 Å². The van der Waals surface area contributed by atoms with Gasteiger partial charge in [-0.25, -0.2) is 0 Å². The minimum atomic E-state index is -0.941. The third kappa shape index (κ3) is 1.74. The number of fused-ring (bicyclic) bond motifs is 2. The summed E-state index contributed by atoms with van der Waals surface area (Å²) in [7, 11) is 0. The van der Waals surface area contributed by atoms with Crippen LogP contribution in [0, 0.1) is 0 Å². The Hall–Kier alpha value is -2.39. The average Bonchev–Trinajstić information content (AvgIpc) is 2.84. The van der Waals surface area contributed by atoms with Crippen LogP contribution in [0.15, 0.2) is 54.9 Å². The first kappa shape index (κ1) is 12.4. The molecule has 0 bridgehead atoms. The predicted molar refractivity (Wildman–Crippen MR) is 83.9 cm³/mol. The van der Waals surface area contributed by atoms with Crippen LogP contribution in [0.2, 0.25) is 0 Å². The zero-order valence-electron chi connectivity index (χ0n) is 11.6. The van der Waals surface area contributed by atoms with E-state index in [1.54, 1.807) is 6.20 Å². The highest BCUT2D eigenvalue weighted by atomic mass is 16.3. The maximum absolute atomic E-state index is 11.3. The van der Waals surface area contributed by atoms with Gasteiger partial charge in [-0.1, -0.05) is 24.3 Å². The van der Waals surface area contributed by atoms with Gasteiger partial charge in [0.25, 0.3) is 0 Å². The lowest BCUT2D eigenvalue weighted by molar-refractivity contribution is 0.0845. The van der Waals surface area contributed by atoms with Crippen LogP contribution in [0.25, 0.3) is 10.8 Å². The van der Waals surface area contributed by atoms with E-state index in [1.807, 2.05) is 48.7 Å². The van der Waals surface area contributed by atoms with E-state index < -0.39 is 5.60 Å². The molecule has 0 amide bonds. The molecule has 21 heavy (non-hydrogen) atoms. The highest BCUT2D eigenvalue weighted by Gasteiger charge is 2.39. The summed E-state index contributed by atoms with van der Waals surface area (Å²) in [5.74, 6) is 0. The highest BCUT2D eigenvalue weighted by molar-refractivity contribution is 5.86. The van der Waals surface area contributed by atoms with Gasteiger partial charge in [-0.05, 0) is 53.1 Å². The number of hydrogen-bond acceptors (Lipinski definition) is 3. The second-order valence-corrected chi connectivity index (χ2v) is 5.68. The van der Waals surface area contributed by atoms with Crippen molar-refractivity contribution >= 4 is 16.5 Å². The molecule has 3 nitrogen and oxygen atoms in total. The van der Waals surface area contributed by atoms with E-state index in [1.165, 1.54) is 0 Å². The summed E-state index contributed by atoms with van der Waals surface area (Å²) in [5, 5.41) is 13.4. The van der Waals surface area contributed by atoms with Crippen molar-refractivity contribution in [2.75, 3.05) is 5.73 Å². The zero-order valence-corrected chi connectivity index (χ0v) is 11.6. The number of nitrogen functional groups attached to an aromatic ring is 1. The van der Waals surface area contributed by atoms with Crippen LogP contribution in [0.5, 0.6) is 0 Å². The monoisotopic (exact) mass is 276 g/mol. The number of pyridine rings is 1. The minimum absolute atomic E-state index is 0.688. The summed E-state index contributed by atoms with van der Waals surface area (Å²) in [4.78, 5) is 4.16. The maximum atomic E-state index is 11.3. The Morgan fingerprint density at radius 3 is 2.90 bits per heavy atom. The van der Waals surface area contributed by atoms with Gasteiger partial charge in [-0.2, -0.15) is 0 Å². The molecule has 0 spiro atoms. The van der Waals surface area contributed by atoms with Crippen molar-refractivity contribution in [2.24, 2.45) is 0 Å². The van der Waals surface area contributed by atoms with E-state index in [9.17, 15) is 5.11 Å². The summed E-state index contributed by atoms with van der Waals surface area (Å²) >= 11 is 0. The number of hydrogen-bond donors (Lipinski definition) is 2. The molecule has 0 saturated carbocycles. The van der Waals surface area contributed by atoms with Crippen LogP contribution in [-0.4, -0.2) is 10.1 Å². The van der Waals surface area contributed by atoms with Gasteiger partial charge >= 0.3 is 0 Å². The maximum Gasteiger partial charge on any atom is 0.116 e. The topological polar surface area (TPSA) is 59.1 Å². The number of benzene rings is 2. The van der Waals surface area contributed by atoms with Crippen LogP contribution in [0.4, 0.5) is 5.69 Å². The first-order valence-electron chi connectivity index (χ1n) is 7.13. The molecule has 0 fully saturated rings. The summed E-state index contributed by atoms with van der Waals surface area (Å²) in [6, 6.07) is 13.8. The van der Waals surface area contributed by atoms with Gasteiger partial charge < -0.3 is 10.8 Å². The van der Waals surface area contributed by atoms with Crippen molar-refractivity contribution < 1.29 is 5.11 Å². The number of nitrogens with two attached hydrogens (primary N) is 1. The Kier molecular flexibility index (Phi) is 2.53. The molecule has 3 heteroatoms. The zero-order chi connectivity index (χ0) is 14.4. The lowest BCUT2D eigenvalue weighted by atomic mass is 9.85. The van der Waals surface area contributed by atoms with Gasteiger partial charge in [-0.15, -0.1) is 0 Å². The van der Waals surface area contributed by atoms with E-state index in [-0.39, 0.29) is 0 Å². The fourth-order valence-corrected chi connectivity index (χ4v) is 3.44. The Morgan fingerprint density at radius 1 is 1.10 bits per heavy atom. The number of aryl methyl sites for hydroxylation is 1. The normalized spacial score (nSPS) is 20.6. The Balaban J connectivity index is 1.98. The van der Waals surface area contributed by atoms with Crippen molar-refractivity contribution in [1.82, 2.24) is 4.98 Å². The van der Waals surface area contributed by atoms with Crippen LogP contribution in [0.3, 0.4) is 0 Å². The largest absolute Gasteiger partial charge is 0.399 e. The fourth-order valence-electron chi connectivity index (χ4n) is 3.44. The lowest BCUT2D eigenvalue weighted by Crippen LogP contribution is -2.24. The number of aromatic nitrogens is 1. The van der Waals surface area contributed by atoms with Crippen LogP contribution < -0.4 is 5.73 Å². The van der Waals surface area contributed by atoms with E-state index in [4.69, 9.17) is 5.73 Å². The van der Waals surface area contributed by atoms with Crippen molar-refractivity contribution in [3.8, 4) is 0 Å². The van der Waals surface area contributed by atoms with E-state index in [0.29, 0.717) is 6.42 Å². The van der Waals surface area contributed by atoms with Gasteiger partial charge in [0.05, 0.1) is 0 Å². The van der Waals surface area contributed by atoms with Crippen molar-refractivity contribution in [2.45, 2.75) is 18.4 Å². The first-order chi connectivity index (χ1) is 10.2. The van der Waals surface area contributed by atoms with Gasteiger partial charge in [0.1, 0.15) is 5.60 Å². The van der Waals surface area contributed by atoms with Crippen LogP contribution in [0.1, 0.15) is 23.1 Å². The third-order valence-electron chi connectivity index (χ3n) is 4.46. The number of rotatable bonds is 1. The molecule has 3 N–H and O–H groups in total. The Labute approximate surface area is 123 Å². The van der Waals surface area contributed by atoms with Gasteiger partial charge in [0.2, 0.25) is 0 Å². The summed E-state index contributed by atoms with van der Waals surface area (Å²) in [6.07, 6.45) is 5.14. The number of aliphatic hydroxyl groups is 1. The quantitative estimate of drug-likeness (QED) is 0.672. The van der Waals surface area contributed by atoms with Gasteiger partial charge in [-0.3, -0.25) is 4.98 Å². The molecule has 2 aromatic carbocycles. The van der Waals surface area contributed by atoms with Crippen LogP contribution >= 0.6 is 0 Å². The molecule has 1 aliphatic rings. The SMILES string of the molecule is Nc1ccc2c(c1)CCC2(O)c1cccc2cnccc12. The van der Waals surface area contributed by atoms with E-state index >= 15 is 0 Å². The molecule has 1 heterocycles. The second-order valence-electron chi connectivity index (χ2n) is 5.68. The molecule has 1 unspecified atom stereocenters. The molecule has 3 aromatic rings. The molecular weight excluding hydrogens is 260 g/mol. The van der Waals surface area contributed by atoms with Gasteiger partial charge in [0, 0.05) is 23.5 Å². The Morgan fingerprint density at radius 2 is 2.00 bits per heavy atom. The molecule has 0 aliphatic heterocycles. The second kappa shape index (κ2) is 4.30. The summed E-state index contributed by atoms with van der Waals surface area (Å²) in [5.41, 5.74) is 8.73. The van der Waals surface area contributed by atoms with E-state index in [2.05, 4.69) is 4.98 Å². The minimum Gasteiger partial charge on any atom is -0.399 e. The Bertz CT molecular complexity index is 838. The highest BCUT2D eigenvalue weighted by Crippen LogP contribution is 2.44. The third-order valence-corrected chi connectivity index (χ3v) is 4.46. The molecule has 0 radical (unpaired) electrons. The average molecular weight is 276 g/mol. The molecule has 1 atom stereocenters. The molecule has 104 valence electrons. The van der Waals surface area contributed by atoms with E-state index in [0.717, 1.165) is 39.6 Å². The summed E-state index contributed by atoms with van der Waals surface area (Å²) in [6.45, 7) is 0. The first-order valence-corrected chi connectivity index (χ1v) is 7.13. The van der Waals surface area contributed by atoms with Crippen molar-refractivity contribution in [1.29, 1.82) is 0 Å². The lowest BCUT2D eigenvalue weighted by Gasteiger charge is -2.26. The molecular formula is C18H16N2O. The van der Waals surface area contributed by atoms with Gasteiger partial charge in [0.15, 0.2) is 0 Å². The smallest absolute Gasteiger partial charge is 0.116 e. The molecule has 1 aromatic heterocycles. The summed E-state index contributed by atoms with van der Waals surface area (Å²) < 4.78 is 0. The molecule has 4 rings (SSSR count). The standard InChI is InChI=1S/C18H16N2O/c19-14-4-5-16-12(10-14)6-8-18(16,21)17-3-1-2-13-11-20-9-7-15(13)17/h1-5,7,9-11,21H,6,8,19H2.